The van der Waals surface area contributed by atoms with E-state index in [-0.39, 0.29) is 69.0 Å². The second-order valence-electron chi connectivity index (χ2n) is 12.3. The summed E-state index contributed by atoms with van der Waals surface area (Å²) < 4.78 is 16.9. The molecule has 49 heavy (non-hydrogen) atoms. The number of carbonyl (C=O) groups excluding carboxylic acids is 4. The molecule has 14 heteroatoms. The first kappa shape index (κ1) is 35.2. The van der Waals surface area contributed by atoms with Crippen molar-refractivity contribution in [3.63, 3.8) is 0 Å². The molecule has 3 aromatic rings. The van der Waals surface area contributed by atoms with Gasteiger partial charge in [0.05, 0.1) is 24.4 Å². The van der Waals surface area contributed by atoms with Crippen LogP contribution in [0.3, 0.4) is 0 Å². The molecule has 0 bridgehead atoms. The van der Waals surface area contributed by atoms with Gasteiger partial charge in [0, 0.05) is 50.6 Å². The van der Waals surface area contributed by atoms with Crippen LogP contribution in [-0.2, 0) is 19.1 Å². The number of fused-ring (bicyclic) bond motifs is 1. The van der Waals surface area contributed by atoms with Gasteiger partial charge in [-0.15, -0.1) is 0 Å². The highest BCUT2D eigenvalue weighted by molar-refractivity contribution is 5.99. The van der Waals surface area contributed by atoms with Gasteiger partial charge in [0.15, 0.2) is 6.61 Å². The van der Waals surface area contributed by atoms with E-state index in [9.17, 15) is 29.1 Å². The number of aryl methyl sites for hydroxylation is 1. The van der Waals surface area contributed by atoms with Crippen molar-refractivity contribution in [2.45, 2.75) is 64.5 Å². The van der Waals surface area contributed by atoms with Crippen molar-refractivity contribution in [1.29, 1.82) is 0 Å². The molecule has 2 saturated heterocycles. The van der Waals surface area contributed by atoms with Gasteiger partial charge in [0.1, 0.15) is 23.2 Å². The lowest BCUT2D eigenvalue weighted by molar-refractivity contribution is -0.138. The van der Waals surface area contributed by atoms with Crippen molar-refractivity contribution in [1.82, 2.24) is 25.0 Å². The number of aromatic nitrogens is 1. The number of benzene rings is 1. The Morgan fingerprint density at radius 1 is 1.06 bits per heavy atom. The van der Waals surface area contributed by atoms with E-state index in [1.165, 1.54) is 15.9 Å². The number of ether oxygens (including phenoxy) is 2. The largest absolute Gasteiger partial charge is 0.483 e. The SMILES string of the molecule is CCCCOC(=O)N1CCN(C(=O)C(CCC(=O)O)NC(=O)c2cc(OCC(=O)N3CCC[C@H]3c3ccco3)c3ccc(C)cc3n2)CC1. The molecule has 2 N–H and O–H groups in total. The number of piperazine rings is 1. The molecule has 2 aliphatic heterocycles. The van der Waals surface area contributed by atoms with Crippen LogP contribution in [0, 0.1) is 6.92 Å². The summed E-state index contributed by atoms with van der Waals surface area (Å²) in [6, 6.07) is 9.20. The van der Waals surface area contributed by atoms with Gasteiger partial charge >= 0.3 is 12.1 Å². The number of nitrogens with zero attached hydrogens (tertiary/aromatic N) is 4. The smallest absolute Gasteiger partial charge is 0.409 e. The van der Waals surface area contributed by atoms with E-state index in [4.69, 9.17) is 13.9 Å². The summed E-state index contributed by atoms with van der Waals surface area (Å²) in [4.78, 5) is 73.6. The second kappa shape index (κ2) is 16.3. The van der Waals surface area contributed by atoms with Gasteiger partial charge in [0.25, 0.3) is 11.8 Å². The number of nitrogens with one attached hydrogen (secondary N) is 1. The van der Waals surface area contributed by atoms with Crippen LogP contribution >= 0.6 is 0 Å². The van der Waals surface area contributed by atoms with Gasteiger partial charge in [0.2, 0.25) is 5.91 Å². The number of aliphatic carboxylic acids is 1. The maximum absolute atomic E-state index is 13.7. The number of furan rings is 1. The minimum absolute atomic E-state index is 0.0528. The molecule has 4 amide bonds. The molecule has 1 aromatic carbocycles. The van der Waals surface area contributed by atoms with Crippen LogP contribution in [0.2, 0.25) is 0 Å². The highest BCUT2D eigenvalue weighted by Crippen LogP contribution is 2.33. The first-order valence-corrected chi connectivity index (χ1v) is 16.7. The second-order valence-corrected chi connectivity index (χ2v) is 12.3. The number of pyridine rings is 1. The topological polar surface area (TPSA) is 172 Å². The number of carbonyl (C=O) groups is 5. The predicted octanol–water partition coefficient (Wildman–Crippen LogP) is 3.92. The Labute approximate surface area is 284 Å². The molecule has 0 saturated carbocycles. The number of unbranched alkanes of at least 4 members (excludes halogenated alkanes) is 1. The number of carboxylic acid groups (broad SMARTS) is 1. The normalized spacial score (nSPS) is 16.8. The maximum atomic E-state index is 13.7. The van der Waals surface area contributed by atoms with E-state index in [1.807, 2.05) is 26.0 Å². The third kappa shape index (κ3) is 8.86. The minimum atomic E-state index is -1.15. The van der Waals surface area contributed by atoms with Crippen molar-refractivity contribution in [2.75, 3.05) is 45.9 Å². The molecule has 0 spiro atoms. The van der Waals surface area contributed by atoms with Crippen LogP contribution in [0.25, 0.3) is 10.9 Å². The Morgan fingerprint density at radius 2 is 1.84 bits per heavy atom. The number of carboxylic acids is 1. The third-order valence-electron chi connectivity index (χ3n) is 8.78. The molecule has 14 nitrogen and oxygen atoms in total. The lowest BCUT2D eigenvalue weighted by Crippen LogP contribution is -2.56. The van der Waals surface area contributed by atoms with E-state index < -0.39 is 29.9 Å². The quantitative estimate of drug-likeness (QED) is 0.253. The molecular weight excluding hydrogens is 634 g/mol. The molecule has 0 radical (unpaired) electrons. The summed E-state index contributed by atoms with van der Waals surface area (Å²) in [5.74, 6) is -1.50. The molecule has 5 rings (SSSR count). The van der Waals surface area contributed by atoms with Gasteiger partial charge in [-0.3, -0.25) is 19.2 Å². The van der Waals surface area contributed by atoms with E-state index in [1.54, 1.807) is 29.4 Å². The van der Waals surface area contributed by atoms with Gasteiger partial charge in [-0.1, -0.05) is 19.4 Å². The van der Waals surface area contributed by atoms with E-state index >= 15 is 0 Å². The van der Waals surface area contributed by atoms with Crippen LogP contribution < -0.4 is 10.1 Å². The molecule has 0 aliphatic carbocycles. The fraction of sp³-hybridized carbons (Fsp3) is 0.486. The Balaban J connectivity index is 1.29. The Bertz CT molecular complexity index is 1650. The summed E-state index contributed by atoms with van der Waals surface area (Å²) in [5, 5.41) is 12.7. The minimum Gasteiger partial charge on any atom is -0.483 e. The number of hydrogen-bond donors (Lipinski definition) is 2. The van der Waals surface area contributed by atoms with Crippen LogP contribution in [0.1, 0.15) is 73.3 Å². The highest BCUT2D eigenvalue weighted by Gasteiger charge is 2.33. The van der Waals surface area contributed by atoms with E-state index in [0.29, 0.717) is 29.8 Å². The molecule has 262 valence electrons. The Kier molecular flexibility index (Phi) is 11.7. The lowest BCUT2D eigenvalue weighted by Gasteiger charge is -2.36. The third-order valence-corrected chi connectivity index (χ3v) is 8.78. The van der Waals surface area contributed by atoms with Crippen molar-refractivity contribution in [2.24, 2.45) is 0 Å². The lowest BCUT2D eigenvalue weighted by atomic mass is 10.1. The van der Waals surface area contributed by atoms with Gasteiger partial charge in [-0.05, 0) is 62.4 Å². The predicted molar refractivity (Wildman–Crippen MR) is 177 cm³/mol. The zero-order valence-corrected chi connectivity index (χ0v) is 27.9. The summed E-state index contributed by atoms with van der Waals surface area (Å²) >= 11 is 0. The maximum Gasteiger partial charge on any atom is 0.409 e. The van der Waals surface area contributed by atoms with Gasteiger partial charge in [-0.25, -0.2) is 9.78 Å². The van der Waals surface area contributed by atoms with Crippen molar-refractivity contribution < 1.29 is 43.0 Å². The van der Waals surface area contributed by atoms with Crippen LogP contribution in [-0.4, -0.2) is 107 Å². The van der Waals surface area contributed by atoms with Gasteiger partial charge in [-0.2, -0.15) is 0 Å². The molecule has 2 atom stereocenters. The van der Waals surface area contributed by atoms with Crippen molar-refractivity contribution >= 4 is 40.7 Å². The standard InChI is InChI=1S/C35H43N5O9/c1-3-4-18-48-35(46)39-16-14-38(15-17-39)34(45)25(11-12-32(42)43)37-33(44)27-21-30(24-10-9-23(2)20-26(24)36-27)49-22-31(41)40-13-5-7-28(40)29-8-6-19-47-29/h6,8-10,19-21,25,28H,3-5,7,11-18,22H2,1-2H3,(H,37,44)(H,42,43)/t25?,28-/m0/s1. The number of amides is 4. The van der Waals surface area contributed by atoms with E-state index in [0.717, 1.165) is 31.2 Å². The van der Waals surface area contributed by atoms with Crippen molar-refractivity contribution in [3.05, 3.63) is 59.7 Å². The first-order chi connectivity index (χ1) is 23.6. The molecular formula is C35H43N5O9. The molecule has 2 aliphatic rings. The summed E-state index contributed by atoms with van der Waals surface area (Å²) in [6.45, 7) is 5.42. The summed E-state index contributed by atoms with van der Waals surface area (Å²) in [5.41, 5.74) is 1.30. The molecule has 4 heterocycles. The van der Waals surface area contributed by atoms with E-state index in [2.05, 4.69) is 10.3 Å². The zero-order valence-electron chi connectivity index (χ0n) is 27.9. The van der Waals surface area contributed by atoms with Crippen LogP contribution in [0.5, 0.6) is 5.75 Å². The Morgan fingerprint density at radius 3 is 2.55 bits per heavy atom. The Hall–Kier alpha value is -5.14. The zero-order chi connectivity index (χ0) is 34.9. The average molecular weight is 678 g/mol. The fourth-order valence-electron chi connectivity index (χ4n) is 6.09. The number of rotatable bonds is 13. The molecule has 1 unspecified atom stereocenters. The number of hydrogen-bond acceptors (Lipinski definition) is 9. The average Bonchev–Trinajstić information content (AvgIpc) is 3.81. The monoisotopic (exact) mass is 677 g/mol. The number of likely N-dealkylation sites (tertiary alicyclic amines) is 1. The summed E-state index contributed by atoms with van der Waals surface area (Å²) in [7, 11) is 0. The first-order valence-electron chi connectivity index (χ1n) is 16.7. The van der Waals surface area contributed by atoms with Gasteiger partial charge < -0.3 is 39.0 Å². The fourth-order valence-corrected chi connectivity index (χ4v) is 6.09. The highest BCUT2D eigenvalue weighted by atomic mass is 16.6. The van der Waals surface area contributed by atoms with Crippen LogP contribution in [0.4, 0.5) is 4.79 Å². The van der Waals surface area contributed by atoms with Crippen LogP contribution in [0.15, 0.2) is 47.1 Å². The summed E-state index contributed by atoms with van der Waals surface area (Å²) in [6.07, 6.45) is 3.93. The molecule has 2 fully saturated rings. The molecule has 2 aromatic heterocycles. The van der Waals surface area contributed by atoms with Crippen molar-refractivity contribution in [3.8, 4) is 5.75 Å².